The Morgan fingerprint density at radius 3 is 1.88 bits per heavy atom. The molecule has 0 bridgehead atoms. The van der Waals surface area contributed by atoms with Crippen LogP contribution in [0.3, 0.4) is 0 Å². The fourth-order valence-corrected chi connectivity index (χ4v) is 2.27. The van der Waals surface area contributed by atoms with Crippen LogP contribution in [0.25, 0.3) is 0 Å². The first-order valence-electron chi connectivity index (χ1n) is 7.75. The number of rotatable bonds is 15. The van der Waals surface area contributed by atoms with Crippen molar-refractivity contribution < 1.29 is 39.6 Å². The van der Waals surface area contributed by atoms with Crippen LogP contribution in [-0.2, 0) is 19.2 Å². The Kier molecular flexibility index (Phi) is 11.1. The van der Waals surface area contributed by atoms with Crippen molar-refractivity contribution in [3.05, 3.63) is 0 Å². The number of nitrogens with one attached hydrogen (secondary N) is 1. The van der Waals surface area contributed by atoms with E-state index in [1.165, 1.54) is 4.90 Å². The summed E-state index contributed by atoms with van der Waals surface area (Å²) >= 11 is 0. The number of nitrogens with two attached hydrogens (primary N) is 1. The lowest BCUT2D eigenvalue weighted by Crippen LogP contribution is -2.48. The summed E-state index contributed by atoms with van der Waals surface area (Å²) in [6, 6.07) is -2.12. The maximum Gasteiger partial charge on any atom is 0.320 e. The summed E-state index contributed by atoms with van der Waals surface area (Å²) in [5, 5.41) is 38.3. The molecule has 144 valence electrons. The summed E-state index contributed by atoms with van der Waals surface area (Å²) in [7, 11) is 0. The van der Waals surface area contributed by atoms with Crippen LogP contribution in [0.1, 0.15) is 25.7 Å². The lowest BCUT2D eigenvalue weighted by molar-refractivity contribution is -0.145. The lowest BCUT2D eigenvalue weighted by atomic mass is 10.1. The maximum atomic E-state index is 11.4. The van der Waals surface area contributed by atoms with Crippen LogP contribution >= 0.6 is 0 Å². The molecule has 0 saturated heterocycles. The van der Waals surface area contributed by atoms with Gasteiger partial charge in [0.25, 0.3) is 0 Å². The molecule has 25 heavy (non-hydrogen) atoms. The van der Waals surface area contributed by atoms with E-state index in [-0.39, 0.29) is 51.9 Å². The molecule has 7 N–H and O–H groups in total. The second-order valence-corrected chi connectivity index (χ2v) is 5.39. The zero-order valence-electron chi connectivity index (χ0n) is 13.8. The fourth-order valence-electron chi connectivity index (χ4n) is 2.27. The Labute approximate surface area is 144 Å². The van der Waals surface area contributed by atoms with Gasteiger partial charge < -0.3 is 31.5 Å². The van der Waals surface area contributed by atoms with Gasteiger partial charge in [-0.05, 0) is 12.8 Å². The monoisotopic (exact) mass is 363 g/mol. The van der Waals surface area contributed by atoms with Crippen LogP contribution in [0.15, 0.2) is 0 Å². The van der Waals surface area contributed by atoms with Gasteiger partial charge in [0.2, 0.25) is 0 Å². The molecule has 0 aliphatic carbocycles. The molecule has 0 aromatic carbocycles. The smallest absolute Gasteiger partial charge is 0.320 e. The van der Waals surface area contributed by atoms with E-state index in [9.17, 15) is 24.3 Å². The molecule has 0 heterocycles. The zero-order chi connectivity index (χ0) is 19.4. The van der Waals surface area contributed by atoms with E-state index in [1.807, 2.05) is 0 Å². The molecule has 2 atom stereocenters. The lowest BCUT2D eigenvalue weighted by Gasteiger charge is -2.28. The van der Waals surface area contributed by atoms with Gasteiger partial charge in [-0.25, -0.2) is 0 Å². The van der Waals surface area contributed by atoms with Gasteiger partial charge in [-0.3, -0.25) is 24.1 Å². The predicted molar refractivity (Wildman–Crippen MR) is 85.2 cm³/mol. The van der Waals surface area contributed by atoms with Gasteiger partial charge in [0.1, 0.15) is 12.1 Å². The minimum absolute atomic E-state index is 0.0907. The number of carbonyl (C=O) groups is 4. The summed E-state index contributed by atoms with van der Waals surface area (Å²) < 4.78 is 0. The molecule has 0 amide bonds. The molecule has 0 spiro atoms. The molecule has 11 nitrogen and oxygen atoms in total. The van der Waals surface area contributed by atoms with Crippen LogP contribution in [0, 0.1) is 0 Å². The molecule has 0 aromatic heterocycles. The van der Waals surface area contributed by atoms with Crippen molar-refractivity contribution >= 4 is 23.9 Å². The van der Waals surface area contributed by atoms with Crippen molar-refractivity contribution in [2.75, 3.05) is 26.2 Å². The van der Waals surface area contributed by atoms with Crippen LogP contribution in [0.2, 0.25) is 0 Å². The molecule has 0 fully saturated rings. The third-order valence-corrected chi connectivity index (χ3v) is 3.51. The maximum absolute atomic E-state index is 11.4. The first-order chi connectivity index (χ1) is 11.7. The highest BCUT2D eigenvalue weighted by atomic mass is 16.4. The molecule has 11 heteroatoms. The first-order valence-corrected chi connectivity index (χ1v) is 7.75. The molecule has 0 saturated carbocycles. The molecule has 0 aromatic rings. The summed E-state index contributed by atoms with van der Waals surface area (Å²) in [5.74, 6) is -4.61. The highest BCUT2D eigenvalue weighted by Gasteiger charge is 2.26. The molecule has 0 aliphatic rings. The third-order valence-electron chi connectivity index (χ3n) is 3.51. The molecule has 0 rings (SSSR count). The molecule has 2 unspecified atom stereocenters. The van der Waals surface area contributed by atoms with Crippen LogP contribution in [0.5, 0.6) is 0 Å². The van der Waals surface area contributed by atoms with Crippen LogP contribution < -0.4 is 11.1 Å². The van der Waals surface area contributed by atoms with Crippen molar-refractivity contribution in [3.8, 4) is 0 Å². The van der Waals surface area contributed by atoms with E-state index >= 15 is 0 Å². The number of hydrogen-bond acceptors (Lipinski definition) is 7. The molecule has 0 radical (unpaired) electrons. The van der Waals surface area contributed by atoms with Gasteiger partial charge in [0.05, 0.1) is 0 Å². The van der Waals surface area contributed by atoms with Gasteiger partial charge in [-0.2, -0.15) is 0 Å². The number of carboxylic acid groups (broad SMARTS) is 4. The van der Waals surface area contributed by atoms with Crippen molar-refractivity contribution in [2.24, 2.45) is 5.73 Å². The van der Waals surface area contributed by atoms with E-state index in [0.29, 0.717) is 0 Å². The Bertz CT molecular complexity index is 471. The molecular weight excluding hydrogens is 338 g/mol. The van der Waals surface area contributed by atoms with Gasteiger partial charge in [0, 0.05) is 39.0 Å². The number of aliphatic carboxylic acids is 4. The highest BCUT2D eigenvalue weighted by molar-refractivity contribution is 5.75. The standard InChI is InChI=1S/C14H25N3O8/c15-5-7-17(10(14(24)25)2-4-12(20)21)8-6-16-9(13(22)23)1-3-11(18)19/h9-10,16H,1-8,15H2,(H,18,19)(H,20,21)(H,22,23)(H,24,25). The fraction of sp³-hybridized carbons (Fsp3) is 0.714. The highest BCUT2D eigenvalue weighted by Crippen LogP contribution is 2.08. The van der Waals surface area contributed by atoms with Gasteiger partial charge in [-0.1, -0.05) is 0 Å². The Morgan fingerprint density at radius 2 is 1.44 bits per heavy atom. The SMILES string of the molecule is NCCN(CCNC(CCC(=O)O)C(=O)O)C(CCC(=O)O)C(=O)O. The zero-order valence-corrected chi connectivity index (χ0v) is 13.8. The average molecular weight is 363 g/mol. The normalized spacial score (nSPS) is 13.4. The number of carboxylic acids is 4. The summed E-state index contributed by atoms with van der Waals surface area (Å²) in [4.78, 5) is 45.1. The second-order valence-electron chi connectivity index (χ2n) is 5.39. The van der Waals surface area contributed by atoms with Crippen molar-refractivity contribution in [1.82, 2.24) is 10.2 Å². The van der Waals surface area contributed by atoms with Crippen molar-refractivity contribution in [2.45, 2.75) is 37.8 Å². The van der Waals surface area contributed by atoms with Gasteiger partial charge >= 0.3 is 23.9 Å². The Hall–Kier alpha value is -2.24. The Balaban J connectivity index is 4.70. The summed E-state index contributed by atoms with van der Waals surface area (Å²) in [6.45, 7) is 0.571. The van der Waals surface area contributed by atoms with E-state index in [0.717, 1.165) is 0 Å². The molecular formula is C14H25N3O8. The van der Waals surface area contributed by atoms with E-state index in [2.05, 4.69) is 5.32 Å². The summed E-state index contributed by atoms with van der Waals surface area (Å²) in [6.07, 6.45) is -0.844. The van der Waals surface area contributed by atoms with Gasteiger partial charge in [0.15, 0.2) is 0 Å². The summed E-state index contributed by atoms with van der Waals surface area (Å²) in [5.41, 5.74) is 5.45. The number of hydrogen-bond donors (Lipinski definition) is 6. The van der Waals surface area contributed by atoms with Crippen molar-refractivity contribution in [3.63, 3.8) is 0 Å². The van der Waals surface area contributed by atoms with Crippen LogP contribution in [0.4, 0.5) is 0 Å². The van der Waals surface area contributed by atoms with Gasteiger partial charge in [-0.15, -0.1) is 0 Å². The quantitative estimate of drug-likeness (QED) is 0.198. The van der Waals surface area contributed by atoms with E-state index in [4.69, 9.17) is 21.1 Å². The Morgan fingerprint density at radius 1 is 0.880 bits per heavy atom. The molecule has 0 aliphatic heterocycles. The average Bonchev–Trinajstić information content (AvgIpc) is 2.49. The topological polar surface area (TPSA) is 190 Å². The van der Waals surface area contributed by atoms with Crippen molar-refractivity contribution in [1.29, 1.82) is 0 Å². The van der Waals surface area contributed by atoms with Crippen LogP contribution in [-0.4, -0.2) is 87.5 Å². The second kappa shape index (κ2) is 12.2. The minimum atomic E-state index is -1.20. The largest absolute Gasteiger partial charge is 0.481 e. The number of nitrogens with zero attached hydrogens (tertiary/aromatic N) is 1. The van der Waals surface area contributed by atoms with E-state index < -0.39 is 36.0 Å². The first kappa shape index (κ1) is 22.8. The minimum Gasteiger partial charge on any atom is -0.481 e. The van der Waals surface area contributed by atoms with E-state index in [1.54, 1.807) is 0 Å². The predicted octanol–water partition coefficient (Wildman–Crippen LogP) is -1.53. The third kappa shape index (κ3) is 10.3.